The second-order valence-electron chi connectivity index (χ2n) is 6.11. The number of fused-ring (bicyclic) bond motifs is 1. The number of ether oxygens (including phenoxy) is 1. The molecule has 0 aromatic carbocycles. The fourth-order valence-corrected chi connectivity index (χ4v) is 3.21. The number of hydrogen-bond donors (Lipinski definition) is 2. The maximum atomic E-state index is 12.6. The highest BCUT2D eigenvalue weighted by Crippen LogP contribution is 2.29. The average molecular weight is 448 g/mol. The van der Waals surface area contributed by atoms with Crippen LogP contribution in [0.2, 0.25) is 10.2 Å². The fourth-order valence-electron chi connectivity index (χ4n) is 2.80. The summed E-state index contributed by atoms with van der Waals surface area (Å²) in [6.45, 7) is 1.83. The van der Waals surface area contributed by atoms with Crippen LogP contribution in [0.25, 0.3) is 11.5 Å². The van der Waals surface area contributed by atoms with Crippen molar-refractivity contribution in [1.82, 2.24) is 34.6 Å². The molecule has 4 heterocycles. The number of rotatable bonds is 5. The quantitative estimate of drug-likeness (QED) is 0.480. The number of anilines is 2. The number of urea groups is 1. The van der Waals surface area contributed by atoms with E-state index in [0.29, 0.717) is 28.4 Å². The Bertz CT molecular complexity index is 1210. The number of carbonyl (C=O) groups excluding carboxylic acids is 1. The van der Waals surface area contributed by atoms with Crippen molar-refractivity contribution in [3.05, 3.63) is 52.8 Å². The second kappa shape index (κ2) is 8.22. The summed E-state index contributed by atoms with van der Waals surface area (Å²) in [6.07, 6.45) is 7.14. The van der Waals surface area contributed by atoms with Crippen LogP contribution in [0.15, 0.2) is 37.1 Å². The van der Waals surface area contributed by atoms with Crippen molar-refractivity contribution in [2.24, 2.45) is 0 Å². The first-order valence-corrected chi connectivity index (χ1v) is 9.38. The van der Waals surface area contributed by atoms with Crippen molar-refractivity contribution >= 4 is 46.3 Å². The molecule has 0 fully saturated rings. The van der Waals surface area contributed by atoms with Gasteiger partial charge in [0.1, 0.15) is 5.15 Å². The minimum absolute atomic E-state index is 0.271. The molecule has 0 radical (unpaired) electrons. The summed E-state index contributed by atoms with van der Waals surface area (Å²) in [6, 6.07) is 1.02. The Morgan fingerprint density at radius 1 is 1.17 bits per heavy atom. The monoisotopic (exact) mass is 447 g/mol. The minimum Gasteiger partial charge on any atom is -0.377 e. The lowest BCUT2D eigenvalue weighted by atomic mass is 10.1. The number of imidazole rings is 1. The number of hydrogen-bond acceptors (Lipinski definition) is 7. The summed E-state index contributed by atoms with van der Waals surface area (Å²) in [5.74, 6) is 0.342. The van der Waals surface area contributed by atoms with Crippen molar-refractivity contribution in [3.8, 4) is 5.82 Å². The topological polar surface area (TPSA) is 124 Å². The van der Waals surface area contributed by atoms with E-state index in [1.165, 1.54) is 34.1 Å². The standard InChI is InChI=1S/C17H15Cl2N9O2/c1-9(30-2)14-12(7-23-27-8-13(19)26-16(14)27)25-17(29)24-10-5-11(18)15(20-6-10)28-21-3-4-22-28/h3-9H,1-2H3,(H2,24,25,29). The molecule has 0 saturated carbocycles. The summed E-state index contributed by atoms with van der Waals surface area (Å²) in [5, 5.41) is 18.1. The zero-order valence-electron chi connectivity index (χ0n) is 15.7. The van der Waals surface area contributed by atoms with Crippen LogP contribution in [-0.2, 0) is 4.74 Å². The lowest BCUT2D eigenvalue weighted by Crippen LogP contribution is -2.22. The van der Waals surface area contributed by atoms with Gasteiger partial charge in [0, 0.05) is 7.11 Å². The van der Waals surface area contributed by atoms with Crippen LogP contribution in [0, 0.1) is 0 Å². The van der Waals surface area contributed by atoms with Gasteiger partial charge >= 0.3 is 6.03 Å². The summed E-state index contributed by atoms with van der Waals surface area (Å²) >= 11 is 12.2. The Labute approximate surface area is 180 Å². The molecular weight excluding hydrogens is 433 g/mol. The third-order valence-electron chi connectivity index (χ3n) is 4.20. The van der Waals surface area contributed by atoms with Gasteiger partial charge in [0.2, 0.25) is 0 Å². The first-order chi connectivity index (χ1) is 14.5. The highest BCUT2D eigenvalue weighted by atomic mass is 35.5. The van der Waals surface area contributed by atoms with Crippen molar-refractivity contribution in [2.75, 3.05) is 17.7 Å². The van der Waals surface area contributed by atoms with Gasteiger partial charge in [-0.1, -0.05) is 23.2 Å². The smallest absolute Gasteiger partial charge is 0.323 e. The molecule has 2 N–H and O–H groups in total. The van der Waals surface area contributed by atoms with Crippen molar-refractivity contribution in [2.45, 2.75) is 13.0 Å². The molecule has 4 aromatic rings. The summed E-state index contributed by atoms with van der Waals surface area (Å²) < 4.78 is 6.94. The largest absolute Gasteiger partial charge is 0.377 e. The Morgan fingerprint density at radius 3 is 2.63 bits per heavy atom. The third-order valence-corrected chi connectivity index (χ3v) is 4.66. The fraction of sp³-hybridized carbons (Fsp3) is 0.176. The highest BCUT2D eigenvalue weighted by molar-refractivity contribution is 6.32. The molecule has 0 bridgehead atoms. The minimum atomic E-state index is -0.522. The van der Waals surface area contributed by atoms with E-state index in [2.05, 4.69) is 35.9 Å². The number of methoxy groups -OCH3 is 1. The van der Waals surface area contributed by atoms with E-state index in [1.54, 1.807) is 19.4 Å². The second-order valence-corrected chi connectivity index (χ2v) is 6.90. The van der Waals surface area contributed by atoms with Crippen molar-refractivity contribution in [3.63, 3.8) is 0 Å². The van der Waals surface area contributed by atoms with Gasteiger partial charge in [-0.25, -0.2) is 19.3 Å². The van der Waals surface area contributed by atoms with Crippen molar-refractivity contribution < 1.29 is 9.53 Å². The lowest BCUT2D eigenvalue weighted by Gasteiger charge is -2.16. The lowest BCUT2D eigenvalue weighted by molar-refractivity contribution is 0.120. The number of nitrogens with one attached hydrogen (secondary N) is 2. The molecule has 4 rings (SSSR count). The predicted molar refractivity (Wildman–Crippen MR) is 110 cm³/mol. The summed E-state index contributed by atoms with van der Waals surface area (Å²) in [7, 11) is 1.56. The molecule has 0 aliphatic heterocycles. The van der Waals surface area contributed by atoms with Gasteiger partial charge in [-0.15, -0.1) is 4.80 Å². The van der Waals surface area contributed by atoms with Crippen molar-refractivity contribution in [1.29, 1.82) is 0 Å². The number of amides is 2. The van der Waals surface area contributed by atoms with Crippen LogP contribution in [0.3, 0.4) is 0 Å². The van der Waals surface area contributed by atoms with E-state index in [4.69, 9.17) is 27.9 Å². The molecule has 1 unspecified atom stereocenters. The molecule has 0 aliphatic carbocycles. The number of nitrogens with zero attached hydrogens (tertiary/aromatic N) is 7. The first-order valence-electron chi connectivity index (χ1n) is 8.63. The molecule has 30 heavy (non-hydrogen) atoms. The molecule has 11 nitrogen and oxygen atoms in total. The molecule has 0 aliphatic rings. The Hall–Kier alpha value is -3.28. The zero-order valence-corrected chi connectivity index (χ0v) is 17.3. The third kappa shape index (κ3) is 3.90. The van der Waals surface area contributed by atoms with Gasteiger partial charge in [-0.2, -0.15) is 15.3 Å². The predicted octanol–water partition coefficient (Wildman–Crippen LogP) is 3.36. The van der Waals surface area contributed by atoms with E-state index < -0.39 is 6.03 Å². The highest BCUT2D eigenvalue weighted by Gasteiger charge is 2.19. The molecule has 154 valence electrons. The summed E-state index contributed by atoms with van der Waals surface area (Å²) in [5.41, 5.74) is 1.92. The molecule has 0 saturated heterocycles. The number of halogens is 2. The van der Waals surface area contributed by atoms with Gasteiger partial charge in [0.15, 0.2) is 11.5 Å². The van der Waals surface area contributed by atoms with Gasteiger partial charge in [0.05, 0.1) is 59.0 Å². The van der Waals surface area contributed by atoms with Crippen LogP contribution in [-0.4, -0.2) is 47.7 Å². The van der Waals surface area contributed by atoms with E-state index in [1.807, 2.05) is 6.92 Å². The molecule has 2 amide bonds. The van der Waals surface area contributed by atoms with Gasteiger partial charge in [-0.05, 0) is 13.0 Å². The Kier molecular flexibility index (Phi) is 5.48. The Morgan fingerprint density at radius 2 is 1.93 bits per heavy atom. The van der Waals surface area contributed by atoms with Gasteiger partial charge in [0.25, 0.3) is 0 Å². The maximum Gasteiger partial charge on any atom is 0.323 e. The van der Waals surface area contributed by atoms with E-state index in [-0.39, 0.29) is 16.3 Å². The van der Waals surface area contributed by atoms with E-state index >= 15 is 0 Å². The maximum absolute atomic E-state index is 12.6. The molecule has 1 atom stereocenters. The first kappa shape index (κ1) is 20.0. The molecule has 4 aromatic heterocycles. The number of aromatic nitrogens is 7. The Balaban J connectivity index is 1.57. The molecule has 0 spiro atoms. The van der Waals surface area contributed by atoms with Crippen LogP contribution in [0.1, 0.15) is 18.6 Å². The van der Waals surface area contributed by atoms with Gasteiger partial charge < -0.3 is 15.4 Å². The van der Waals surface area contributed by atoms with E-state index in [9.17, 15) is 4.79 Å². The average Bonchev–Trinajstić information content (AvgIpc) is 3.36. The van der Waals surface area contributed by atoms with Crippen LogP contribution in [0.4, 0.5) is 16.2 Å². The molecular formula is C17H15Cl2N9O2. The zero-order chi connectivity index (χ0) is 21.3. The number of pyridine rings is 1. The summed E-state index contributed by atoms with van der Waals surface area (Å²) in [4.78, 5) is 22.3. The van der Waals surface area contributed by atoms with E-state index in [0.717, 1.165) is 0 Å². The van der Waals surface area contributed by atoms with Crippen LogP contribution >= 0.6 is 23.2 Å². The number of carbonyl (C=O) groups is 1. The van der Waals surface area contributed by atoms with Crippen LogP contribution < -0.4 is 10.6 Å². The normalized spacial score (nSPS) is 12.1. The molecule has 13 heteroatoms. The van der Waals surface area contributed by atoms with Crippen LogP contribution in [0.5, 0.6) is 0 Å². The van der Waals surface area contributed by atoms with Gasteiger partial charge in [-0.3, -0.25) is 0 Å². The SMILES string of the molecule is COC(C)c1c(NC(=O)Nc2cnc(-n3nccn3)c(Cl)c2)cnn2cc(Cl)nc12.